The van der Waals surface area contributed by atoms with Gasteiger partial charge in [-0.15, -0.1) is 12.4 Å². The summed E-state index contributed by atoms with van der Waals surface area (Å²) in [6, 6.07) is 0.0469. The van der Waals surface area contributed by atoms with Crippen LogP contribution in [0, 0.1) is 0 Å². The molecule has 7 heteroatoms. The number of nitrogens with one attached hydrogen (secondary N) is 1. The van der Waals surface area contributed by atoms with E-state index in [1.165, 1.54) is 7.11 Å². The summed E-state index contributed by atoms with van der Waals surface area (Å²) < 4.78 is 29.9. The summed E-state index contributed by atoms with van der Waals surface area (Å²) in [7, 11) is -1.62. The summed E-state index contributed by atoms with van der Waals surface area (Å²) in [6.07, 6.45) is 0. The van der Waals surface area contributed by atoms with Gasteiger partial charge in [0, 0.05) is 32.8 Å². The average molecular weight is 259 g/mol. The van der Waals surface area contributed by atoms with Crippen LogP contribution in [-0.2, 0) is 14.8 Å². The van der Waals surface area contributed by atoms with Gasteiger partial charge in [-0.3, -0.25) is 0 Å². The minimum absolute atomic E-state index is 0. The zero-order valence-corrected chi connectivity index (χ0v) is 10.7. The highest BCUT2D eigenvalue weighted by Gasteiger charge is 2.28. The van der Waals surface area contributed by atoms with Gasteiger partial charge in [-0.25, -0.2) is 8.42 Å². The van der Waals surface area contributed by atoms with E-state index in [-0.39, 0.29) is 30.8 Å². The third-order valence-electron chi connectivity index (χ3n) is 2.34. The Bertz CT molecular complexity index is 271. The smallest absolute Gasteiger partial charge is 0.216 e. The topological polar surface area (TPSA) is 58.6 Å². The van der Waals surface area contributed by atoms with E-state index in [1.807, 2.05) is 6.92 Å². The molecular weight excluding hydrogens is 240 g/mol. The molecule has 0 saturated carbocycles. The highest BCUT2D eigenvalue weighted by atomic mass is 35.5. The maximum atomic E-state index is 11.8. The number of rotatable bonds is 4. The van der Waals surface area contributed by atoms with Gasteiger partial charge in [0.05, 0.1) is 12.4 Å². The number of hydrogen-bond acceptors (Lipinski definition) is 4. The van der Waals surface area contributed by atoms with Crippen molar-refractivity contribution in [1.29, 1.82) is 0 Å². The van der Waals surface area contributed by atoms with Crippen molar-refractivity contribution < 1.29 is 13.2 Å². The van der Waals surface area contributed by atoms with Crippen molar-refractivity contribution in [2.75, 3.05) is 39.1 Å². The lowest BCUT2D eigenvalue weighted by atomic mass is 10.3. The first-order chi connectivity index (χ1) is 6.58. The predicted molar refractivity (Wildman–Crippen MR) is 61.9 cm³/mol. The number of methoxy groups -OCH3 is 1. The number of piperazine rings is 1. The Morgan fingerprint density at radius 2 is 2.20 bits per heavy atom. The maximum Gasteiger partial charge on any atom is 0.216 e. The van der Waals surface area contributed by atoms with Gasteiger partial charge in [0.15, 0.2) is 0 Å². The molecular formula is C8H19ClN2O3S. The van der Waals surface area contributed by atoms with Crippen LogP contribution in [0.3, 0.4) is 0 Å². The Labute approximate surface area is 97.6 Å². The van der Waals surface area contributed by atoms with E-state index >= 15 is 0 Å². The normalized spacial score (nSPS) is 23.5. The molecule has 1 saturated heterocycles. The minimum Gasteiger partial charge on any atom is -0.384 e. The van der Waals surface area contributed by atoms with Gasteiger partial charge in [0.1, 0.15) is 0 Å². The molecule has 1 rings (SSSR count). The molecule has 1 N–H and O–H groups in total. The Kier molecular flexibility index (Phi) is 6.70. The third kappa shape index (κ3) is 4.24. The Morgan fingerprint density at radius 3 is 2.73 bits per heavy atom. The van der Waals surface area contributed by atoms with Crippen LogP contribution in [0.25, 0.3) is 0 Å². The standard InChI is InChI=1S/C8H18N2O3S.ClH/c1-8-7-9-3-4-10(8)14(11,12)6-5-13-2;/h8-9H,3-7H2,1-2H3;1H/t8-;/m1./s1. The van der Waals surface area contributed by atoms with Crippen molar-refractivity contribution in [3.63, 3.8) is 0 Å². The summed E-state index contributed by atoms with van der Waals surface area (Å²) in [5.74, 6) is 0.0772. The molecule has 0 radical (unpaired) electrons. The lowest BCUT2D eigenvalue weighted by Crippen LogP contribution is -2.53. The molecule has 0 aromatic rings. The van der Waals surface area contributed by atoms with Gasteiger partial charge in [0.25, 0.3) is 0 Å². The molecule has 0 aromatic carbocycles. The number of nitrogens with zero attached hydrogens (tertiary/aromatic N) is 1. The van der Waals surface area contributed by atoms with Crippen molar-refractivity contribution in [1.82, 2.24) is 9.62 Å². The van der Waals surface area contributed by atoms with E-state index in [2.05, 4.69) is 5.32 Å². The summed E-state index contributed by atoms with van der Waals surface area (Å²) >= 11 is 0. The summed E-state index contributed by atoms with van der Waals surface area (Å²) in [5.41, 5.74) is 0. The zero-order valence-electron chi connectivity index (χ0n) is 9.10. The summed E-state index contributed by atoms with van der Waals surface area (Å²) in [5, 5.41) is 3.16. The van der Waals surface area contributed by atoms with Crippen molar-refractivity contribution >= 4 is 22.4 Å². The second kappa shape index (κ2) is 6.65. The molecule has 0 amide bonds. The number of sulfonamides is 1. The van der Waals surface area contributed by atoms with Gasteiger partial charge in [0.2, 0.25) is 10.0 Å². The van der Waals surface area contributed by atoms with E-state index in [9.17, 15) is 8.42 Å². The van der Waals surface area contributed by atoms with Gasteiger partial charge < -0.3 is 10.1 Å². The predicted octanol–water partition coefficient (Wildman–Crippen LogP) is -0.322. The van der Waals surface area contributed by atoms with E-state index in [1.54, 1.807) is 4.31 Å². The molecule has 1 atom stereocenters. The monoisotopic (exact) mass is 258 g/mol. The lowest BCUT2D eigenvalue weighted by Gasteiger charge is -2.32. The fourth-order valence-corrected chi connectivity index (χ4v) is 3.15. The highest BCUT2D eigenvalue weighted by molar-refractivity contribution is 7.89. The first-order valence-electron chi connectivity index (χ1n) is 4.77. The second-order valence-corrected chi connectivity index (χ2v) is 5.51. The zero-order chi connectivity index (χ0) is 10.6. The van der Waals surface area contributed by atoms with Gasteiger partial charge >= 0.3 is 0 Å². The Morgan fingerprint density at radius 1 is 1.53 bits per heavy atom. The fourth-order valence-electron chi connectivity index (χ4n) is 1.54. The van der Waals surface area contributed by atoms with E-state index in [0.717, 1.165) is 13.1 Å². The number of ether oxygens (including phenoxy) is 1. The first-order valence-corrected chi connectivity index (χ1v) is 6.38. The van der Waals surface area contributed by atoms with Crippen LogP contribution in [0.5, 0.6) is 0 Å². The van der Waals surface area contributed by atoms with Crippen LogP contribution in [0.1, 0.15) is 6.92 Å². The molecule has 1 heterocycles. The van der Waals surface area contributed by atoms with Crippen LogP contribution in [0.2, 0.25) is 0 Å². The van der Waals surface area contributed by atoms with Crippen LogP contribution in [-0.4, -0.2) is 57.9 Å². The molecule has 0 unspecified atom stereocenters. The van der Waals surface area contributed by atoms with Gasteiger partial charge in [-0.2, -0.15) is 4.31 Å². The van der Waals surface area contributed by atoms with Gasteiger partial charge in [-0.05, 0) is 6.92 Å². The molecule has 1 fully saturated rings. The molecule has 92 valence electrons. The fraction of sp³-hybridized carbons (Fsp3) is 1.00. The number of halogens is 1. The molecule has 1 aliphatic heterocycles. The van der Waals surface area contributed by atoms with Crippen molar-refractivity contribution in [3.05, 3.63) is 0 Å². The van der Waals surface area contributed by atoms with E-state index in [0.29, 0.717) is 6.54 Å². The minimum atomic E-state index is -3.13. The second-order valence-electron chi connectivity index (χ2n) is 3.47. The average Bonchev–Trinajstić information content (AvgIpc) is 2.15. The number of hydrogen-bond donors (Lipinski definition) is 1. The SMILES string of the molecule is COCCS(=O)(=O)N1CCNC[C@H]1C.Cl. The lowest BCUT2D eigenvalue weighted by molar-refractivity contribution is 0.213. The molecule has 0 aromatic heterocycles. The molecule has 1 aliphatic rings. The molecule has 5 nitrogen and oxygen atoms in total. The maximum absolute atomic E-state index is 11.8. The largest absolute Gasteiger partial charge is 0.384 e. The molecule has 0 bridgehead atoms. The van der Waals surface area contributed by atoms with Gasteiger partial charge in [-0.1, -0.05) is 0 Å². The summed E-state index contributed by atoms with van der Waals surface area (Å²) in [6.45, 7) is 4.20. The molecule has 15 heavy (non-hydrogen) atoms. The highest BCUT2D eigenvalue weighted by Crippen LogP contribution is 2.09. The van der Waals surface area contributed by atoms with E-state index < -0.39 is 10.0 Å². The van der Waals surface area contributed by atoms with Crippen LogP contribution in [0.15, 0.2) is 0 Å². The van der Waals surface area contributed by atoms with Crippen LogP contribution in [0.4, 0.5) is 0 Å². The van der Waals surface area contributed by atoms with Crippen molar-refractivity contribution in [2.24, 2.45) is 0 Å². The van der Waals surface area contributed by atoms with E-state index in [4.69, 9.17) is 4.74 Å². The van der Waals surface area contributed by atoms with Crippen LogP contribution < -0.4 is 5.32 Å². The molecule has 0 aliphatic carbocycles. The third-order valence-corrected chi connectivity index (χ3v) is 4.28. The van der Waals surface area contributed by atoms with Crippen molar-refractivity contribution in [3.8, 4) is 0 Å². The Hall–Kier alpha value is 0.120. The Balaban J connectivity index is 0.00000196. The first kappa shape index (κ1) is 15.1. The quantitative estimate of drug-likeness (QED) is 0.751. The van der Waals surface area contributed by atoms with Crippen molar-refractivity contribution in [2.45, 2.75) is 13.0 Å². The molecule has 0 spiro atoms. The summed E-state index contributed by atoms with van der Waals surface area (Å²) in [4.78, 5) is 0. The van der Waals surface area contributed by atoms with Crippen LogP contribution >= 0.6 is 12.4 Å².